The van der Waals surface area contributed by atoms with E-state index in [1.54, 1.807) is 11.0 Å². The molecule has 1 aromatic carbocycles. The first-order valence-corrected chi connectivity index (χ1v) is 7.14. The van der Waals surface area contributed by atoms with E-state index in [4.69, 9.17) is 11.6 Å². The Morgan fingerprint density at radius 1 is 1.35 bits per heavy atom. The van der Waals surface area contributed by atoms with Gasteiger partial charge in [0, 0.05) is 18.7 Å². The number of aromatic hydroxyl groups is 1. The molecule has 1 amide bonds. The molecule has 3 nitrogen and oxygen atoms in total. The summed E-state index contributed by atoms with van der Waals surface area (Å²) in [5.41, 5.74) is 2.07. The predicted molar refractivity (Wildman–Crippen MR) is 81.2 cm³/mol. The molecule has 0 radical (unpaired) electrons. The van der Waals surface area contributed by atoms with Crippen LogP contribution in [-0.2, 0) is 0 Å². The van der Waals surface area contributed by atoms with Crippen molar-refractivity contribution in [2.24, 2.45) is 5.41 Å². The number of phenols is 1. The number of carbonyl (C=O) groups is 1. The molecule has 0 fully saturated rings. The molecule has 1 aromatic rings. The number of carbonyl (C=O) groups excluding carboxylic acids is 1. The molecular weight excluding hydrogens is 274 g/mol. The zero-order valence-corrected chi connectivity index (χ0v) is 12.9. The predicted octanol–water partition coefficient (Wildman–Crippen LogP) is 3.86. The van der Waals surface area contributed by atoms with E-state index in [0.29, 0.717) is 12.1 Å². The Balaban J connectivity index is 2.12. The fourth-order valence-corrected chi connectivity index (χ4v) is 2.54. The first kappa shape index (κ1) is 14.9. The van der Waals surface area contributed by atoms with Gasteiger partial charge in [-0.3, -0.25) is 4.79 Å². The highest BCUT2D eigenvalue weighted by Gasteiger charge is 2.24. The first-order chi connectivity index (χ1) is 9.29. The zero-order valence-electron chi connectivity index (χ0n) is 12.1. The molecule has 0 aromatic heterocycles. The molecule has 20 heavy (non-hydrogen) atoms. The van der Waals surface area contributed by atoms with E-state index < -0.39 is 0 Å². The lowest BCUT2D eigenvalue weighted by Crippen LogP contribution is -2.36. The Morgan fingerprint density at radius 2 is 2.05 bits per heavy atom. The monoisotopic (exact) mass is 293 g/mol. The number of halogens is 1. The number of rotatable bonds is 1. The van der Waals surface area contributed by atoms with Crippen molar-refractivity contribution in [2.45, 2.75) is 27.2 Å². The van der Waals surface area contributed by atoms with Crippen LogP contribution in [0, 0.1) is 5.41 Å². The number of hydrogen-bond acceptors (Lipinski definition) is 2. The zero-order chi connectivity index (χ0) is 14.9. The second-order valence-corrected chi connectivity index (χ2v) is 6.55. The summed E-state index contributed by atoms with van der Waals surface area (Å²) >= 11 is 5.85. The van der Waals surface area contributed by atoms with Crippen molar-refractivity contribution < 1.29 is 9.90 Å². The minimum atomic E-state index is -0.0453. The summed E-state index contributed by atoms with van der Waals surface area (Å²) in [5.74, 6) is -0.0483. The molecule has 0 unspecified atom stereocenters. The topological polar surface area (TPSA) is 40.5 Å². The Labute approximate surface area is 124 Å². The molecule has 108 valence electrons. The van der Waals surface area contributed by atoms with Crippen molar-refractivity contribution in [2.75, 3.05) is 13.1 Å². The lowest BCUT2D eigenvalue weighted by Gasteiger charge is -2.32. The van der Waals surface area contributed by atoms with Gasteiger partial charge >= 0.3 is 0 Å². The summed E-state index contributed by atoms with van der Waals surface area (Å²) in [6.07, 6.45) is 3.05. The highest BCUT2D eigenvalue weighted by Crippen LogP contribution is 2.31. The van der Waals surface area contributed by atoms with Crippen LogP contribution in [0.25, 0.3) is 0 Å². The Bertz CT molecular complexity index is 558. The fourth-order valence-electron chi connectivity index (χ4n) is 2.36. The van der Waals surface area contributed by atoms with Crippen LogP contribution >= 0.6 is 11.6 Å². The van der Waals surface area contributed by atoms with E-state index in [1.165, 1.54) is 17.7 Å². The van der Waals surface area contributed by atoms with Crippen LogP contribution in [-0.4, -0.2) is 29.0 Å². The molecule has 0 atom stereocenters. The van der Waals surface area contributed by atoms with Crippen LogP contribution in [0.3, 0.4) is 0 Å². The van der Waals surface area contributed by atoms with Crippen molar-refractivity contribution in [3.05, 3.63) is 40.4 Å². The lowest BCUT2D eigenvalue weighted by atomic mass is 9.83. The lowest BCUT2D eigenvalue weighted by molar-refractivity contribution is 0.0765. The Hall–Kier alpha value is -1.48. The number of nitrogens with zero attached hydrogens (tertiary/aromatic N) is 1. The third-order valence-corrected chi connectivity index (χ3v) is 3.96. The van der Waals surface area contributed by atoms with E-state index >= 15 is 0 Å². The smallest absolute Gasteiger partial charge is 0.254 e. The highest BCUT2D eigenvalue weighted by molar-refractivity contribution is 6.32. The maximum absolute atomic E-state index is 12.4. The molecule has 1 aliphatic rings. The molecule has 0 saturated carbocycles. The van der Waals surface area contributed by atoms with Gasteiger partial charge in [0.25, 0.3) is 5.91 Å². The van der Waals surface area contributed by atoms with Gasteiger partial charge in [-0.1, -0.05) is 44.0 Å². The van der Waals surface area contributed by atoms with E-state index in [-0.39, 0.29) is 22.1 Å². The summed E-state index contributed by atoms with van der Waals surface area (Å²) < 4.78 is 0. The van der Waals surface area contributed by atoms with Crippen molar-refractivity contribution in [3.63, 3.8) is 0 Å². The van der Waals surface area contributed by atoms with Gasteiger partial charge in [0.05, 0.1) is 5.02 Å². The molecule has 0 spiro atoms. The quantitative estimate of drug-likeness (QED) is 0.799. The van der Waals surface area contributed by atoms with Crippen LogP contribution in [0.1, 0.15) is 37.6 Å². The minimum Gasteiger partial charge on any atom is -0.506 e. The maximum Gasteiger partial charge on any atom is 0.254 e. The van der Waals surface area contributed by atoms with Gasteiger partial charge in [-0.2, -0.15) is 0 Å². The summed E-state index contributed by atoms with van der Waals surface area (Å²) in [5, 5.41) is 9.60. The SMILES string of the molecule is CC(C)(C)C1=CCN(C(=O)c2ccc(O)c(Cl)c2)CC1. The second kappa shape index (κ2) is 5.49. The van der Waals surface area contributed by atoms with Gasteiger partial charge in [-0.25, -0.2) is 0 Å². The van der Waals surface area contributed by atoms with Crippen LogP contribution in [0.5, 0.6) is 5.75 Å². The molecule has 0 aliphatic carbocycles. The third kappa shape index (κ3) is 3.15. The molecule has 2 rings (SSSR count). The molecule has 4 heteroatoms. The van der Waals surface area contributed by atoms with Crippen molar-refractivity contribution >= 4 is 17.5 Å². The summed E-state index contributed by atoms with van der Waals surface area (Å²) in [6.45, 7) is 7.92. The highest BCUT2D eigenvalue weighted by atomic mass is 35.5. The molecule has 1 N–H and O–H groups in total. The average molecular weight is 294 g/mol. The third-order valence-electron chi connectivity index (χ3n) is 3.65. The van der Waals surface area contributed by atoms with Crippen molar-refractivity contribution in [1.29, 1.82) is 0 Å². The standard InChI is InChI=1S/C16H20ClNO2/c1-16(2,3)12-6-8-18(9-7-12)15(20)11-4-5-14(19)13(17)10-11/h4-6,10,19H,7-9H2,1-3H3. The largest absolute Gasteiger partial charge is 0.506 e. The van der Waals surface area contributed by atoms with Crippen LogP contribution in [0.4, 0.5) is 0 Å². The van der Waals surface area contributed by atoms with Crippen molar-refractivity contribution in [3.8, 4) is 5.75 Å². The van der Waals surface area contributed by atoms with Gasteiger partial charge in [0.1, 0.15) is 5.75 Å². The molecule has 0 bridgehead atoms. The van der Waals surface area contributed by atoms with E-state index in [9.17, 15) is 9.90 Å². The Kier molecular flexibility index (Phi) is 4.09. The minimum absolute atomic E-state index is 0.00299. The average Bonchev–Trinajstić information content (AvgIpc) is 2.40. The van der Waals surface area contributed by atoms with Crippen LogP contribution in [0.15, 0.2) is 29.8 Å². The number of benzene rings is 1. The fraction of sp³-hybridized carbons (Fsp3) is 0.438. The number of amides is 1. The van der Waals surface area contributed by atoms with Crippen molar-refractivity contribution in [1.82, 2.24) is 4.90 Å². The Morgan fingerprint density at radius 3 is 2.55 bits per heavy atom. The van der Waals surface area contributed by atoms with E-state index in [2.05, 4.69) is 26.8 Å². The molecule has 1 heterocycles. The number of phenolic OH excluding ortho intramolecular Hbond substituents is 1. The summed E-state index contributed by atoms with van der Waals surface area (Å²) in [6, 6.07) is 4.57. The van der Waals surface area contributed by atoms with Gasteiger partial charge in [0.15, 0.2) is 0 Å². The summed E-state index contributed by atoms with van der Waals surface area (Å²) in [4.78, 5) is 14.2. The molecule has 0 saturated heterocycles. The van der Waals surface area contributed by atoms with Crippen LogP contribution < -0.4 is 0 Å². The van der Waals surface area contributed by atoms with Gasteiger partial charge in [-0.15, -0.1) is 0 Å². The normalized spacial score (nSPS) is 16.0. The van der Waals surface area contributed by atoms with E-state index in [1.807, 2.05) is 0 Å². The number of hydrogen-bond donors (Lipinski definition) is 1. The molecule has 1 aliphatic heterocycles. The van der Waals surface area contributed by atoms with Gasteiger partial charge in [0.2, 0.25) is 0 Å². The van der Waals surface area contributed by atoms with Gasteiger partial charge < -0.3 is 10.0 Å². The van der Waals surface area contributed by atoms with Gasteiger partial charge in [-0.05, 0) is 30.0 Å². The summed E-state index contributed by atoms with van der Waals surface area (Å²) in [7, 11) is 0. The molecular formula is C16H20ClNO2. The van der Waals surface area contributed by atoms with E-state index in [0.717, 1.165) is 13.0 Å². The van der Waals surface area contributed by atoms with Crippen LogP contribution in [0.2, 0.25) is 5.02 Å². The maximum atomic E-state index is 12.4. The first-order valence-electron chi connectivity index (χ1n) is 6.76. The second-order valence-electron chi connectivity index (χ2n) is 6.15.